The van der Waals surface area contributed by atoms with E-state index < -0.39 is 6.04 Å². The number of amides is 2. The van der Waals surface area contributed by atoms with Crippen molar-refractivity contribution in [3.05, 3.63) is 53.6 Å². The molecule has 2 aliphatic heterocycles. The molecule has 0 fully saturated rings. The van der Waals surface area contributed by atoms with Crippen molar-refractivity contribution < 1.29 is 19.1 Å². The van der Waals surface area contributed by atoms with E-state index in [9.17, 15) is 9.59 Å². The first kappa shape index (κ1) is 17.4. The lowest BCUT2D eigenvalue weighted by Gasteiger charge is -2.28. The number of nitrogens with zero attached hydrogens (tertiary/aromatic N) is 1. The molecule has 0 spiro atoms. The van der Waals surface area contributed by atoms with Gasteiger partial charge in [0.15, 0.2) is 11.5 Å². The van der Waals surface area contributed by atoms with Crippen molar-refractivity contribution in [2.75, 3.05) is 12.1 Å². The van der Waals surface area contributed by atoms with Gasteiger partial charge in [0.25, 0.3) is 5.91 Å². The third-order valence-electron chi connectivity index (χ3n) is 4.86. The molecule has 2 amide bonds. The Hall–Kier alpha value is -3.02. The van der Waals surface area contributed by atoms with Crippen LogP contribution in [0, 0.1) is 5.92 Å². The van der Waals surface area contributed by atoms with Gasteiger partial charge in [-0.3, -0.25) is 9.59 Å². The summed E-state index contributed by atoms with van der Waals surface area (Å²) in [5.74, 6) is 1.27. The molecule has 6 nitrogen and oxygen atoms in total. The molecular formula is C21H22N2O4. The number of fused-ring (bicyclic) bond motifs is 2. The van der Waals surface area contributed by atoms with Crippen LogP contribution in [-0.4, -0.2) is 29.5 Å². The summed E-state index contributed by atoms with van der Waals surface area (Å²) in [6.07, 6.45) is 0.593. The molecule has 0 bridgehead atoms. The molecule has 0 unspecified atom stereocenters. The molecule has 0 saturated heterocycles. The fourth-order valence-corrected chi connectivity index (χ4v) is 3.55. The average molecular weight is 366 g/mol. The number of carbonyl (C=O) groups excluding carboxylic acids is 2. The van der Waals surface area contributed by atoms with Crippen LogP contribution < -0.4 is 14.8 Å². The van der Waals surface area contributed by atoms with Gasteiger partial charge in [0, 0.05) is 23.9 Å². The highest BCUT2D eigenvalue weighted by molar-refractivity contribution is 6.03. The van der Waals surface area contributed by atoms with Crippen molar-refractivity contribution in [2.45, 2.75) is 32.9 Å². The first-order valence-corrected chi connectivity index (χ1v) is 9.12. The summed E-state index contributed by atoms with van der Waals surface area (Å²) in [6, 6.07) is 12.3. The van der Waals surface area contributed by atoms with Crippen LogP contribution in [-0.2, 0) is 11.3 Å². The molecule has 1 atom stereocenters. The maximum atomic E-state index is 13.1. The molecule has 0 aromatic heterocycles. The molecule has 2 aromatic rings. The van der Waals surface area contributed by atoms with Gasteiger partial charge in [-0.05, 0) is 36.1 Å². The number of rotatable bonds is 5. The Morgan fingerprint density at radius 3 is 2.70 bits per heavy atom. The predicted octanol–water partition coefficient (Wildman–Crippen LogP) is 3.42. The van der Waals surface area contributed by atoms with Gasteiger partial charge in [-0.15, -0.1) is 0 Å². The SMILES string of the molecule is CC(C)C[C@@H](C(=O)Nc1ccc2c(c1)OCO2)N1Cc2ccccc2C1=O. The van der Waals surface area contributed by atoms with E-state index in [1.54, 1.807) is 23.1 Å². The summed E-state index contributed by atoms with van der Waals surface area (Å²) >= 11 is 0. The van der Waals surface area contributed by atoms with Crippen LogP contribution in [0.4, 0.5) is 5.69 Å². The standard InChI is InChI=1S/C21H22N2O4/c1-13(2)9-17(23-11-14-5-3-4-6-16(14)21(23)25)20(24)22-15-7-8-18-19(10-15)27-12-26-18/h3-8,10,13,17H,9,11-12H2,1-2H3,(H,22,24)/t17-/m0/s1. The van der Waals surface area contributed by atoms with Crippen molar-refractivity contribution in [1.29, 1.82) is 0 Å². The molecule has 2 aromatic carbocycles. The number of hydrogen-bond donors (Lipinski definition) is 1. The van der Waals surface area contributed by atoms with E-state index >= 15 is 0 Å². The summed E-state index contributed by atoms with van der Waals surface area (Å²) in [6.45, 7) is 4.74. The van der Waals surface area contributed by atoms with Crippen LogP contribution in [0.25, 0.3) is 0 Å². The van der Waals surface area contributed by atoms with Crippen LogP contribution in [0.3, 0.4) is 0 Å². The highest BCUT2D eigenvalue weighted by atomic mass is 16.7. The van der Waals surface area contributed by atoms with Crippen molar-refractivity contribution in [3.63, 3.8) is 0 Å². The monoisotopic (exact) mass is 366 g/mol. The molecule has 4 rings (SSSR count). The van der Waals surface area contributed by atoms with Gasteiger partial charge < -0.3 is 19.7 Å². The Bertz CT molecular complexity index is 894. The van der Waals surface area contributed by atoms with E-state index in [-0.39, 0.29) is 24.5 Å². The number of hydrogen-bond acceptors (Lipinski definition) is 4. The van der Waals surface area contributed by atoms with Gasteiger partial charge in [0.05, 0.1) is 0 Å². The Labute approximate surface area is 158 Å². The van der Waals surface area contributed by atoms with E-state index in [0.717, 1.165) is 5.56 Å². The third kappa shape index (κ3) is 3.35. The minimum absolute atomic E-state index is 0.0860. The molecule has 140 valence electrons. The molecule has 0 radical (unpaired) electrons. The van der Waals surface area contributed by atoms with Crippen LogP contribution >= 0.6 is 0 Å². The lowest BCUT2D eigenvalue weighted by atomic mass is 10.0. The number of nitrogens with one attached hydrogen (secondary N) is 1. The molecule has 0 saturated carbocycles. The highest BCUT2D eigenvalue weighted by Gasteiger charge is 2.36. The number of benzene rings is 2. The third-order valence-corrected chi connectivity index (χ3v) is 4.86. The topological polar surface area (TPSA) is 67.9 Å². The Morgan fingerprint density at radius 2 is 1.93 bits per heavy atom. The molecule has 1 N–H and O–H groups in total. The van der Waals surface area contributed by atoms with Crippen molar-refractivity contribution in [1.82, 2.24) is 4.90 Å². The Kier molecular flexibility index (Phi) is 4.48. The van der Waals surface area contributed by atoms with Gasteiger partial charge in [-0.25, -0.2) is 0 Å². The van der Waals surface area contributed by atoms with E-state index in [1.165, 1.54) is 0 Å². The average Bonchev–Trinajstić information content (AvgIpc) is 3.24. The van der Waals surface area contributed by atoms with E-state index in [2.05, 4.69) is 19.2 Å². The molecule has 2 heterocycles. The van der Waals surface area contributed by atoms with E-state index in [1.807, 2.05) is 24.3 Å². The fourth-order valence-electron chi connectivity index (χ4n) is 3.55. The van der Waals surface area contributed by atoms with E-state index in [0.29, 0.717) is 35.7 Å². The first-order chi connectivity index (χ1) is 13.0. The second kappa shape index (κ2) is 6.95. The van der Waals surface area contributed by atoms with Gasteiger partial charge in [0.1, 0.15) is 6.04 Å². The molecule has 6 heteroatoms. The van der Waals surface area contributed by atoms with E-state index in [4.69, 9.17) is 9.47 Å². The first-order valence-electron chi connectivity index (χ1n) is 9.12. The minimum Gasteiger partial charge on any atom is -0.454 e. The smallest absolute Gasteiger partial charge is 0.255 e. The summed E-state index contributed by atoms with van der Waals surface area (Å²) in [5, 5.41) is 2.93. The summed E-state index contributed by atoms with van der Waals surface area (Å²) in [7, 11) is 0. The van der Waals surface area contributed by atoms with Crippen LogP contribution in [0.1, 0.15) is 36.2 Å². The minimum atomic E-state index is -0.532. The normalized spacial score (nSPS) is 15.8. The van der Waals surface area contributed by atoms with Crippen LogP contribution in [0.5, 0.6) is 11.5 Å². The zero-order valence-electron chi connectivity index (χ0n) is 15.4. The van der Waals surface area contributed by atoms with Gasteiger partial charge >= 0.3 is 0 Å². The number of anilines is 1. The van der Waals surface area contributed by atoms with Crippen LogP contribution in [0.15, 0.2) is 42.5 Å². The second-order valence-electron chi connectivity index (χ2n) is 7.29. The Morgan fingerprint density at radius 1 is 1.15 bits per heavy atom. The fraction of sp³-hybridized carbons (Fsp3) is 0.333. The molecule has 27 heavy (non-hydrogen) atoms. The summed E-state index contributed by atoms with van der Waals surface area (Å²) < 4.78 is 10.7. The lowest BCUT2D eigenvalue weighted by Crippen LogP contribution is -2.45. The lowest BCUT2D eigenvalue weighted by molar-refractivity contribution is -0.121. The highest BCUT2D eigenvalue weighted by Crippen LogP contribution is 2.34. The summed E-state index contributed by atoms with van der Waals surface area (Å²) in [4.78, 5) is 27.6. The van der Waals surface area contributed by atoms with Gasteiger partial charge in [-0.1, -0.05) is 32.0 Å². The van der Waals surface area contributed by atoms with Crippen LogP contribution in [0.2, 0.25) is 0 Å². The molecule has 2 aliphatic rings. The molecule has 0 aliphatic carbocycles. The van der Waals surface area contributed by atoms with Crippen molar-refractivity contribution in [2.24, 2.45) is 5.92 Å². The maximum Gasteiger partial charge on any atom is 0.255 e. The summed E-state index contributed by atoms with van der Waals surface area (Å²) in [5.41, 5.74) is 2.27. The zero-order chi connectivity index (χ0) is 19.0. The quantitative estimate of drug-likeness (QED) is 0.880. The van der Waals surface area contributed by atoms with Gasteiger partial charge in [-0.2, -0.15) is 0 Å². The molecular weight excluding hydrogens is 344 g/mol. The van der Waals surface area contributed by atoms with Crippen molar-refractivity contribution in [3.8, 4) is 11.5 Å². The Balaban J connectivity index is 1.55. The number of ether oxygens (including phenoxy) is 2. The van der Waals surface area contributed by atoms with Crippen molar-refractivity contribution >= 4 is 17.5 Å². The van der Waals surface area contributed by atoms with Gasteiger partial charge in [0.2, 0.25) is 12.7 Å². The second-order valence-corrected chi connectivity index (χ2v) is 7.29. The number of carbonyl (C=O) groups is 2. The maximum absolute atomic E-state index is 13.1. The largest absolute Gasteiger partial charge is 0.454 e. The predicted molar refractivity (Wildman–Crippen MR) is 101 cm³/mol. The zero-order valence-corrected chi connectivity index (χ0v) is 15.4.